The summed E-state index contributed by atoms with van der Waals surface area (Å²) in [6, 6.07) is 5.19. The van der Waals surface area contributed by atoms with Crippen LogP contribution in [0.15, 0.2) is 18.2 Å². The molecule has 2 N–H and O–H groups in total. The number of hydrogen-bond donors (Lipinski definition) is 1. The van der Waals surface area contributed by atoms with Crippen molar-refractivity contribution < 1.29 is 14.3 Å². The Hall–Kier alpha value is -1.84. The Bertz CT molecular complexity index is 401. The third kappa shape index (κ3) is 2.39. The molecule has 1 unspecified atom stereocenters. The Morgan fingerprint density at radius 2 is 2.25 bits per heavy atom. The Morgan fingerprint density at radius 1 is 1.56 bits per heavy atom. The van der Waals surface area contributed by atoms with E-state index in [9.17, 15) is 9.59 Å². The summed E-state index contributed by atoms with van der Waals surface area (Å²) in [5, 5.41) is 0. The van der Waals surface area contributed by atoms with Crippen LogP contribution >= 0.6 is 0 Å². The third-order valence-electron chi connectivity index (χ3n) is 2.50. The highest BCUT2D eigenvalue weighted by atomic mass is 16.5. The molecule has 0 saturated carbocycles. The van der Waals surface area contributed by atoms with E-state index in [0.29, 0.717) is 17.7 Å². The molecule has 0 aliphatic heterocycles. The summed E-state index contributed by atoms with van der Waals surface area (Å²) in [5.41, 5.74) is 7.23. The van der Waals surface area contributed by atoms with Gasteiger partial charge in [-0.2, -0.15) is 0 Å². The maximum Gasteiger partial charge on any atom is 0.340 e. The molecule has 0 saturated heterocycles. The first kappa shape index (κ1) is 12.2. The lowest BCUT2D eigenvalue weighted by Gasteiger charge is -2.14. The predicted octanol–water partition coefficient (Wildman–Crippen LogP) is 1.75. The minimum absolute atomic E-state index is 0.0462. The van der Waals surface area contributed by atoms with Crippen molar-refractivity contribution in [2.45, 2.75) is 19.3 Å². The molecule has 0 fully saturated rings. The van der Waals surface area contributed by atoms with Crippen LogP contribution in [0.2, 0.25) is 0 Å². The number of carbonyl (C=O) groups is 2. The van der Waals surface area contributed by atoms with Crippen molar-refractivity contribution >= 4 is 17.9 Å². The summed E-state index contributed by atoms with van der Waals surface area (Å²) in [4.78, 5) is 22.1. The maximum atomic E-state index is 11.6. The lowest BCUT2D eigenvalue weighted by molar-refractivity contribution is -0.108. The fourth-order valence-electron chi connectivity index (χ4n) is 1.61. The number of anilines is 1. The van der Waals surface area contributed by atoms with E-state index in [4.69, 9.17) is 5.73 Å². The van der Waals surface area contributed by atoms with Crippen molar-refractivity contribution in [3.05, 3.63) is 29.3 Å². The Morgan fingerprint density at radius 3 is 2.81 bits per heavy atom. The summed E-state index contributed by atoms with van der Waals surface area (Å²) in [7, 11) is 1.31. The smallest absolute Gasteiger partial charge is 0.340 e. The molecule has 0 heterocycles. The van der Waals surface area contributed by atoms with E-state index in [1.807, 2.05) is 6.92 Å². The Labute approximate surface area is 94.4 Å². The van der Waals surface area contributed by atoms with E-state index in [1.165, 1.54) is 7.11 Å². The summed E-state index contributed by atoms with van der Waals surface area (Å²) < 4.78 is 4.68. The fourth-order valence-corrected chi connectivity index (χ4v) is 1.61. The zero-order chi connectivity index (χ0) is 12.1. The molecular formula is C12H15NO3. The van der Waals surface area contributed by atoms with E-state index in [0.717, 1.165) is 11.8 Å². The highest BCUT2D eigenvalue weighted by Crippen LogP contribution is 2.26. The fraction of sp³-hybridized carbons (Fsp3) is 0.333. The second-order valence-corrected chi connectivity index (χ2v) is 3.61. The number of nitrogen functional groups attached to an aromatic ring is 1. The van der Waals surface area contributed by atoms with Crippen LogP contribution in [0.5, 0.6) is 0 Å². The van der Waals surface area contributed by atoms with Crippen LogP contribution in [0.4, 0.5) is 5.69 Å². The summed E-state index contributed by atoms with van der Waals surface area (Å²) in [5.74, 6) is -0.513. The van der Waals surface area contributed by atoms with Gasteiger partial charge in [0.05, 0.1) is 12.7 Å². The molecule has 1 atom stereocenters. The molecule has 1 rings (SSSR count). The average molecular weight is 221 g/mol. The van der Waals surface area contributed by atoms with Crippen LogP contribution < -0.4 is 5.73 Å². The van der Waals surface area contributed by atoms with Crippen LogP contribution in [-0.2, 0) is 9.53 Å². The molecule has 4 nitrogen and oxygen atoms in total. The van der Waals surface area contributed by atoms with E-state index < -0.39 is 5.97 Å². The van der Waals surface area contributed by atoms with Gasteiger partial charge in [-0.1, -0.05) is 19.1 Å². The lowest BCUT2D eigenvalue weighted by Crippen LogP contribution is -2.11. The van der Waals surface area contributed by atoms with Crippen molar-refractivity contribution in [2.24, 2.45) is 0 Å². The number of esters is 1. The van der Waals surface area contributed by atoms with Gasteiger partial charge >= 0.3 is 5.97 Å². The second kappa shape index (κ2) is 5.30. The van der Waals surface area contributed by atoms with Gasteiger partial charge < -0.3 is 15.3 Å². The second-order valence-electron chi connectivity index (χ2n) is 3.61. The first-order valence-corrected chi connectivity index (χ1v) is 5.02. The monoisotopic (exact) mass is 221 g/mol. The average Bonchev–Trinajstić information content (AvgIpc) is 2.28. The maximum absolute atomic E-state index is 11.6. The molecule has 0 aromatic heterocycles. The highest BCUT2D eigenvalue weighted by molar-refractivity contribution is 5.97. The van der Waals surface area contributed by atoms with Gasteiger partial charge in [0.15, 0.2) is 0 Å². The van der Waals surface area contributed by atoms with Crippen LogP contribution in [0, 0.1) is 0 Å². The molecule has 0 spiro atoms. The van der Waals surface area contributed by atoms with Crippen LogP contribution in [-0.4, -0.2) is 19.4 Å². The number of nitrogens with two attached hydrogens (primary N) is 1. The van der Waals surface area contributed by atoms with E-state index in [2.05, 4.69) is 4.74 Å². The Balaban J connectivity index is 3.22. The quantitative estimate of drug-likeness (QED) is 0.477. The summed E-state index contributed by atoms with van der Waals surface area (Å²) in [6.07, 6.45) is 1.18. The van der Waals surface area contributed by atoms with E-state index >= 15 is 0 Å². The van der Waals surface area contributed by atoms with Gasteiger partial charge in [-0.15, -0.1) is 0 Å². The van der Waals surface area contributed by atoms with Gasteiger partial charge in [0, 0.05) is 12.1 Å². The third-order valence-corrected chi connectivity index (χ3v) is 2.50. The van der Waals surface area contributed by atoms with Crippen LogP contribution in [0.1, 0.15) is 35.2 Å². The van der Waals surface area contributed by atoms with Gasteiger partial charge in [0.2, 0.25) is 0 Å². The molecule has 16 heavy (non-hydrogen) atoms. The molecule has 0 aliphatic carbocycles. The summed E-state index contributed by atoms with van der Waals surface area (Å²) in [6.45, 7) is 1.87. The molecule has 0 aliphatic rings. The molecule has 0 radical (unpaired) electrons. The van der Waals surface area contributed by atoms with Crippen molar-refractivity contribution in [3.8, 4) is 0 Å². The Kier molecular flexibility index (Phi) is 4.05. The molecule has 4 heteroatoms. The molecule has 86 valence electrons. The van der Waals surface area contributed by atoms with E-state index in [-0.39, 0.29) is 5.92 Å². The zero-order valence-electron chi connectivity index (χ0n) is 9.40. The first-order valence-electron chi connectivity index (χ1n) is 5.02. The topological polar surface area (TPSA) is 69.4 Å². The lowest BCUT2D eigenvalue weighted by atomic mass is 9.92. The largest absolute Gasteiger partial charge is 0.465 e. The minimum Gasteiger partial charge on any atom is -0.465 e. The zero-order valence-corrected chi connectivity index (χ0v) is 9.40. The number of benzene rings is 1. The van der Waals surface area contributed by atoms with Gasteiger partial charge in [-0.3, -0.25) is 0 Å². The molecule has 1 aromatic rings. The normalized spacial score (nSPS) is 11.9. The van der Waals surface area contributed by atoms with Crippen molar-refractivity contribution in [2.75, 3.05) is 12.8 Å². The standard InChI is InChI=1S/C12H15NO3/c1-8(6-7-14)9-4-3-5-10(13)11(9)12(15)16-2/h3-5,7-8H,6,13H2,1-2H3. The summed E-state index contributed by atoms with van der Waals surface area (Å²) >= 11 is 0. The van der Waals surface area contributed by atoms with Crippen LogP contribution in [0.25, 0.3) is 0 Å². The number of methoxy groups -OCH3 is 1. The minimum atomic E-state index is -0.467. The van der Waals surface area contributed by atoms with Crippen molar-refractivity contribution in [1.82, 2.24) is 0 Å². The number of rotatable bonds is 4. The van der Waals surface area contributed by atoms with Gasteiger partial charge in [-0.25, -0.2) is 4.79 Å². The van der Waals surface area contributed by atoms with Crippen molar-refractivity contribution in [1.29, 1.82) is 0 Å². The number of hydrogen-bond acceptors (Lipinski definition) is 4. The van der Waals surface area contributed by atoms with Gasteiger partial charge in [0.1, 0.15) is 6.29 Å². The molecule has 1 aromatic carbocycles. The SMILES string of the molecule is COC(=O)c1c(N)cccc1C(C)CC=O. The molecular weight excluding hydrogens is 206 g/mol. The molecule has 0 bridgehead atoms. The highest BCUT2D eigenvalue weighted by Gasteiger charge is 2.18. The van der Waals surface area contributed by atoms with Gasteiger partial charge in [-0.05, 0) is 17.5 Å². The number of carbonyl (C=O) groups excluding carboxylic acids is 2. The van der Waals surface area contributed by atoms with Crippen LogP contribution in [0.3, 0.4) is 0 Å². The number of ether oxygens (including phenoxy) is 1. The van der Waals surface area contributed by atoms with E-state index in [1.54, 1.807) is 18.2 Å². The first-order chi connectivity index (χ1) is 7.61. The molecule has 0 amide bonds. The predicted molar refractivity (Wildman–Crippen MR) is 61.3 cm³/mol. The van der Waals surface area contributed by atoms with Gasteiger partial charge in [0.25, 0.3) is 0 Å². The van der Waals surface area contributed by atoms with Crippen molar-refractivity contribution in [3.63, 3.8) is 0 Å². The number of aldehydes is 1.